The first kappa shape index (κ1) is 21.4. The van der Waals surface area contributed by atoms with E-state index >= 15 is 0 Å². The van der Waals surface area contributed by atoms with E-state index in [2.05, 4.69) is 30.6 Å². The Labute approximate surface area is 189 Å². The number of carbonyl (C=O) groups excluding carboxylic acids is 1. The van der Waals surface area contributed by atoms with Crippen LogP contribution < -0.4 is 15.5 Å². The number of aryl methyl sites for hydroxylation is 1. The Morgan fingerprint density at radius 2 is 2.21 bits per heavy atom. The summed E-state index contributed by atoms with van der Waals surface area (Å²) in [7, 11) is 0. The van der Waals surface area contributed by atoms with Crippen molar-refractivity contribution >= 4 is 34.0 Å². The number of nitrogens with one attached hydrogen (secondary N) is 2. The molecule has 2 aliphatic heterocycles. The van der Waals surface area contributed by atoms with Gasteiger partial charge in [0.1, 0.15) is 35.6 Å². The maximum absolute atomic E-state index is 14.4. The van der Waals surface area contributed by atoms with E-state index in [1.165, 1.54) is 6.08 Å². The van der Waals surface area contributed by atoms with Crippen molar-refractivity contribution in [2.45, 2.75) is 32.5 Å². The minimum absolute atomic E-state index is 0.228. The second-order valence-corrected chi connectivity index (χ2v) is 8.32. The third-order valence-corrected chi connectivity index (χ3v) is 6.06. The molecule has 3 aliphatic rings. The molecule has 0 bridgehead atoms. The molecule has 2 atom stereocenters. The molecule has 10 heteroatoms. The van der Waals surface area contributed by atoms with Crippen molar-refractivity contribution in [3.05, 3.63) is 47.6 Å². The van der Waals surface area contributed by atoms with E-state index < -0.39 is 18.5 Å². The second kappa shape index (κ2) is 8.51. The van der Waals surface area contributed by atoms with Crippen LogP contribution in [0.2, 0.25) is 0 Å². The largest absolute Gasteiger partial charge is 0.368 e. The number of nitrogens with zero attached hydrogens (tertiary/aromatic N) is 5. The van der Waals surface area contributed by atoms with Crippen molar-refractivity contribution in [2.24, 2.45) is 9.98 Å². The number of halogens is 2. The van der Waals surface area contributed by atoms with E-state index in [0.717, 1.165) is 17.6 Å². The Hall–Kier alpha value is -3.40. The minimum atomic E-state index is -0.525. The maximum atomic E-state index is 14.4. The normalized spacial score (nSPS) is 22.5. The topological polar surface area (TPSA) is 86.9 Å². The fourth-order valence-corrected chi connectivity index (χ4v) is 4.45. The zero-order valence-electron chi connectivity index (χ0n) is 18.5. The molecule has 1 aromatic heterocycles. The van der Waals surface area contributed by atoms with Crippen LogP contribution in [0, 0.1) is 0 Å². The zero-order valence-corrected chi connectivity index (χ0v) is 18.5. The maximum Gasteiger partial charge on any atom is 0.257 e. The summed E-state index contributed by atoms with van der Waals surface area (Å²) in [4.78, 5) is 23.7. The Morgan fingerprint density at radius 1 is 1.36 bits per heavy atom. The van der Waals surface area contributed by atoms with Gasteiger partial charge in [-0.3, -0.25) is 14.5 Å². The van der Waals surface area contributed by atoms with Crippen molar-refractivity contribution in [1.82, 2.24) is 20.4 Å². The molecule has 33 heavy (non-hydrogen) atoms. The molecular formula is C23H25F2N7O. The van der Waals surface area contributed by atoms with Crippen molar-refractivity contribution < 1.29 is 13.6 Å². The van der Waals surface area contributed by atoms with E-state index in [-0.39, 0.29) is 17.7 Å². The summed E-state index contributed by atoms with van der Waals surface area (Å²) in [5.74, 6) is -0.382. The summed E-state index contributed by atoms with van der Waals surface area (Å²) in [5.41, 5.74) is 2.46. The zero-order chi connectivity index (χ0) is 23.1. The number of hydrogen-bond acceptors (Lipinski definition) is 6. The number of amidine groups is 1. The average Bonchev–Trinajstić information content (AvgIpc) is 3.41. The monoisotopic (exact) mass is 453 g/mol. The average molecular weight is 453 g/mol. The SMILES string of the molecule is CCn1cc2c(N3CCNC(CF)C3)ccc(C(=O)NC3=CC4N=C(C)N=C4C(F)=C3)c2n1. The van der Waals surface area contributed by atoms with Crippen LogP contribution in [0.4, 0.5) is 14.5 Å². The first-order valence-electron chi connectivity index (χ1n) is 11.0. The van der Waals surface area contributed by atoms with Gasteiger partial charge in [0.2, 0.25) is 0 Å². The molecule has 1 saturated heterocycles. The lowest BCUT2D eigenvalue weighted by atomic mass is 10.0. The highest BCUT2D eigenvalue weighted by Crippen LogP contribution is 2.30. The molecule has 5 rings (SSSR count). The number of anilines is 1. The molecule has 172 valence electrons. The van der Waals surface area contributed by atoms with Crippen molar-refractivity contribution in [3.8, 4) is 0 Å². The summed E-state index contributed by atoms with van der Waals surface area (Å²) < 4.78 is 29.5. The summed E-state index contributed by atoms with van der Waals surface area (Å²) in [6.07, 6.45) is 4.85. The van der Waals surface area contributed by atoms with Gasteiger partial charge in [-0.2, -0.15) is 5.10 Å². The number of benzene rings is 1. The van der Waals surface area contributed by atoms with Gasteiger partial charge in [-0.05, 0) is 38.1 Å². The number of allylic oxidation sites excluding steroid dienone is 1. The lowest BCUT2D eigenvalue weighted by molar-refractivity contribution is 0.0968. The summed E-state index contributed by atoms with van der Waals surface area (Å²) >= 11 is 0. The van der Waals surface area contributed by atoms with Gasteiger partial charge < -0.3 is 15.5 Å². The van der Waals surface area contributed by atoms with Crippen LogP contribution in [0.15, 0.2) is 52.0 Å². The van der Waals surface area contributed by atoms with Crippen LogP contribution in [0.3, 0.4) is 0 Å². The molecule has 3 heterocycles. The van der Waals surface area contributed by atoms with E-state index in [1.807, 2.05) is 19.2 Å². The Kier molecular flexibility index (Phi) is 5.53. The molecule has 8 nitrogen and oxygen atoms in total. The molecule has 1 amide bonds. The Balaban J connectivity index is 1.46. The highest BCUT2D eigenvalue weighted by Gasteiger charge is 2.28. The molecule has 0 saturated carbocycles. The standard InChI is InChI=1S/C23H25F2N7O/c1-3-32-12-17-20(31-7-6-26-15(10-24)11-31)5-4-16(21(17)30-32)23(33)29-14-8-18(25)22-19(9-14)27-13(2)28-22/h4-5,8-9,12,15,19,26H,3,6-7,10-11H2,1-2H3,(H,29,33). The van der Waals surface area contributed by atoms with E-state index in [4.69, 9.17) is 0 Å². The van der Waals surface area contributed by atoms with Gasteiger partial charge in [0.05, 0.1) is 11.6 Å². The fourth-order valence-electron chi connectivity index (χ4n) is 4.45. The van der Waals surface area contributed by atoms with Gasteiger partial charge in [-0.25, -0.2) is 13.8 Å². The summed E-state index contributed by atoms with van der Waals surface area (Å²) in [5, 5.41) is 11.4. The van der Waals surface area contributed by atoms with Crippen molar-refractivity contribution in [1.29, 1.82) is 0 Å². The number of aromatic nitrogens is 2. The number of alkyl halides is 1. The molecule has 0 spiro atoms. The minimum Gasteiger partial charge on any atom is -0.368 e. The van der Waals surface area contributed by atoms with Crippen LogP contribution in [-0.4, -0.2) is 65.6 Å². The number of hydrogen-bond donors (Lipinski definition) is 2. The lowest BCUT2D eigenvalue weighted by Gasteiger charge is -2.34. The Morgan fingerprint density at radius 3 is 3.00 bits per heavy atom. The smallest absolute Gasteiger partial charge is 0.257 e. The molecule has 2 N–H and O–H groups in total. The van der Waals surface area contributed by atoms with Gasteiger partial charge in [0, 0.05) is 49.1 Å². The number of piperazine rings is 1. The molecule has 1 aromatic carbocycles. The van der Waals surface area contributed by atoms with Crippen molar-refractivity contribution in [3.63, 3.8) is 0 Å². The number of amides is 1. The van der Waals surface area contributed by atoms with E-state index in [1.54, 1.807) is 23.7 Å². The number of rotatable bonds is 5. The number of fused-ring (bicyclic) bond motifs is 2. The third kappa shape index (κ3) is 3.95. The predicted molar refractivity (Wildman–Crippen MR) is 124 cm³/mol. The highest BCUT2D eigenvalue weighted by molar-refractivity contribution is 6.15. The molecular weight excluding hydrogens is 428 g/mol. The Bertz CT molecular complexity index is 1240. The second-order valence-electron chi connectivity index (χ2n) is 8.32. The van der Waals surface area contributed by atoms with Gasteiger partial charge >= 0.3 is 0 Å². The molecule has 1 fully saturated rings. The van der Waals surface area contributed by atoms with Crippen LogP contribution >= 0.6 is 0 Å². The summed E-state index contributed by atoms with van der Waals surface area (Å²) in [6, 6.07) is 2.85. The summed E-state index contributed by atoms with van der Waals surface area (Å²) in [6.45, 7) is 5.84. The first-order valence-corrected chi connectivity index (χ1v) is 11.0. The number of aliphatic imine (C=N–C) groups is 2. The van der Waals surface area contributed by atoms with Crippen LogP contribution in [0.5, 0.6) is 0 Å². The lowest BCUT2D eigenvalue weighted by Crippen LogP contribution is -2.51. The number of carbonyl (C=O) groups is 1. The van der Waals surface area contributed by atoms with Crippen LogP contribution in [0.25, 0.3) is 10.9 Å². The predicted octanol–water partition coefficient (Wildman–Crippen LogP) is 2.53. The van der Waals surface area contributed by atoms with E-state index in [0.29, 0.717) is 42.2 Å². The molecule has 0 radical (unpaired) electrons. The van der Waals surface area contributed by atoms with Crippen molar-refractivity contribution in [2.75, 3.05) is 31.2 Å². The molecule has 2 unspecified atom stereocenters. The van der Waals surface area contributed by atoms with Gasteiger partial charge in [0.25, 0.3) is 5.91 Å². The molecule has 2 aromatic rings. The van der Waals surface area contributed by atoms with Gasteiger partial charge in [-0.1, -0.05) is 0 Å². The first-order chi connectivity index (χ1) is 16.0. The quantitative estimate of drug-likeness (QED) is 0.729. The highest BCUT2D eigenvalue weighted by atomic mass is 19.1. The van der Waals surface area contributed by atoms with Crippen LogP contribution in [-0.2, 0) is 6.54 Å². The fraction of sp³-hybridized carbons (Fsp3) is 0.391. The molecule has 1 aliphatic carbocycles. The van der Waals surface area contributed by atoms with Gasteiger partial charge in [0.15, 0.2) is 0 Å². The van der Waals surface area contributed by atoms with Crippen LogP contribution in [0.1, 0.15) is 24.2 Å². The van der Waals surface area contributed by atoms with Gasteiger partial charge in [-0.15, -0.1) is 0 Å². The van der Waals surface area contributed by atoms with E-state index in [9.17, 15) is 13.6 Å². The third-order valence-electron chi connectivity index (χ3n) is 6.06.